The minimum Gasteiger partial charge on any atom is -0.360 e. The Bertz CT molecular complexity index is 428. The number of aryl methyl sites for hydroxylation is 1. The summed E-state index contributed by atoms with van der Waals surface area (Å²) < 4.78 is 13.1. The van der Waals surface area contributed by atoms with Crippen LogP contribution in [0, 0.1) is 12.7 Å². The Morgan fingerprint density at radius 3 is 2.67 bits per heavy atom. The van der Waals surface area contributed by atoms with Gasteiger partial charge in [-0.15, -0.1) is 0 Å². The number of nitrogens with one attached hydrogen (secondary N) is 2. The maximum absolute atomic E-state index is 13.1. The molecule has 0 heterocycles. The quantitative estimate of drug-likeness (QED) is 0.797. The second-order valence-electron chi connectivity index (χ2n) is 4.90. The molecule has 98 valence electrons. The van der Waals surface area contributed by atoms with E-state index in [9.17, 15) is 4.39 Å². The van der Waals surface area contributed by atoms with E-state index in [0.29, 0.717) is 16.7 Å². The smallest absolute Gasteiger partial charge is 0.170 e. The van der Waals surface area contributed by atoms with Crippen LogP contribution in [0.1, 0.15) is 37.7 Å². The van der Waals surface area contributed by atoms with E-state index in [1.165, 1.54) is 38.2 Å². The van der Waals surface area contributed by atoms with Crippen molar-refractivity contribution in [3.05, 3.63) is 29.6 Å². The normalized spacial score (nSPS) is 16.3. The molecule has 4 heteroatoms. The Kier molecular flexibility index (Phi) is 4.53. The van der Waals surface area contributed by atoms with E-state index in [2.05, 4.69) is 10.6 Å². The first-order valence-corrected chi connectivity index (χ1v) is 6.89. The first-order valence-electron chi connectivity index (χ1n) is 6.49. The number of thiocarbonyl (C=S) groups is 1. The van der Waals surface area contributed by atoms with E-state index in [1.807, 2.05) is 0 Å². The molecule has 1 aromatic carbocycles. The van der Waals surface area contributed by atoms with E-state index in [-0.39, 0.29) is 5.82 Å². The van der Waals surface area contributed by atoms with Crippen LogP contribution >= 0.6 is 12.2 Å². The molecule has 2 N–H and O–H groups in total. The molecule has 1 aromatic rings. The molecule has 0 radical (unpaired) electrons. The van der Waals surface area contributed by atoms with Gasteiger partial charge in [0, 0.05) is 11.7 Å². The van der Waals surface area contributed by atoms with Gasteiger partial charge >= 0.3 is 0 Å². The summed E-state index contributed by atoms with van der Waals surface area (Å²) in [5, 5.41) is 7.07. The predicted molar refractivity (Wildman–Crippen MR) is 77.4 cm³/mol. The van der Waals surface area contributed by atoms with Crippen molar-refractivity contribution in [2.24, 2.45) is 0 Å². The van der Waals surface area contributed by atoms with Crippen molar-refractivity contribution in [3.8, 4) is 0 Å². The summed E-state index contributed by atoms with van der Waals surface area (Å²) in [5.74, 6) is -0.188. The minimum atomic E-state index is -0.188. The van der Waals surface area contributed by atoms with Gasteiger partial charge in [0.05, 0.1) is 0 Å². The second kappa shape index (κ2) is 6.14. The minimum absolute atomic E-state index is 0.188. The van der Waals surface area contributed by atoms with Gasteiger partial charge in [-0.05, 0) is 55.7 Å². The number of anilines is 1. The molecular formula is C14H19FN2S. The van der Waals surface area contributed by atoms with Crippen molar-refractivity contribution in [1.82, 2.24) is 5.32 Å². The standard InChI is InChI=1S/C14H19FN2S/c1-10-9-12(7-8-13(10)15)17-14(18)16-11-5-3-2-4-6-11/h7-9,11H,2-6H2,1H3,(H2,16,17,18). The summed E-state index contributed by atoms with van der Waals surface area (Å²) in [6.07, 6.45) is 6.25. The summed E-state index contributed by atoms with van der Waals surface area (Å²) in [6, 6.07) is 5.42. The van der Waals surface area contributed by atoms with E-state index in [4.69, 9.17) is 12.2 Å². The third-order valence-electron chi connectivity index (χ3n) is 3.36. The lowest BCUT2D eigenvalue weighted by molar-refractivity contribution is 0.415. The number of hydrogen-bond donors (Lipinski definition) is 2. The largest absolute Gasteiger partial charge is 0.360 e. The number of hydrogen-bond acceptors (Lipinski definition) is 1. The summed E-state index contributed by atoms with van der Waals surface area (Å²) in [7, 11) is 0. The van der Waals surface area contributed by atoms with Gasteiger partial charge in [0.25, 0.3) is 0 Å². The fraction of sp³-hybridized carbons (Fsp3) is 0.500. The zero-order valence-corrected chi connectivity index (χ0v) is 11.4. The molecule has 0 amide bonds. The highest BCUT2D eigenvalue weighted by molar-refractivity contribution is 7.80. The maximum atomic E-state index is 13.1. The van der Waals surface area contributed by atoms with Crippen molar-refractivity contribution < 1.29 is 4.39 Å². The number of halogens is 1. The molecule has 0 atom stereocenters. The molecule has 18 heavy (non-hydrogen) atoms. The van der Waals surface area contributed by atoms with Crippen molar-refractivity contribution in [2.45, 2.75) is 45.1 Å². The summed E-state index contributed by atoms with van der Waals surface area (Å²) in [6.45, 7) is 1.75. The van der Waals surface area contributed by atoms with Crippen LogP contribution in [0.15, 0.2) is 18.2 Å². The maximum Gasteiger partial charge on any atom is 0.170 e. The van der Waals surface area contributed by atoms with Crippen molar-refractivity contribution in [1.29, 1.82) is 0 Å². The lowest BCUT2D eigenvalue weighted by Crippen LogP contribution is -2.38. The molecule has 1 fully saturated rings. The average molecular weight is 266 g/mol. The van der Waals surface area contributed by atoms with Gasteiger partial charge in [-0.25, -0.2) is 4.39 Å². The molecular weight excluding hydrogens is 247 g/mol. The predicted octanol–water partition coefficient (Wildman–Crippen LogP) is 3.75. The second-order valence-corrected chi connectivity index (χ2v) is 5.31. The summed E-state index contributed by atoms with van der Waals surface area (Å²) >= 11 is 5.28. The van der Waals surface area contributed by atoms with E-state index < -0.39 is 0 Å². The highest BCUT2D eigenvalue weighted by Gasteiger charge is 2.13. The van der Waals surface area contributed by atoms with Gasteiger partial charge in [0.15, 0.2) is 5.11 Å². The fourth-order valence-corrected chi connectivity index (χ4v) is 2.61. The number of rotatable bonds is 2. The molecule has 0 bridgehead atoms. The highest BCUT2D eigenvalue weighted by Crippen LogP contribution is 2.18. The summed E-state index contributed by atoms with van der Waals surface area (Å²) in [4.78, 5) is 0. The lowest BCUT2D eigenvalue weighted by Gasteiger charge is -2.24. The fourth-order valence-electron chi connectivity index (χ4n) is 2.32. The van der Waals surface area contributed by atoms with Crippen LogP contribution in [0.2, 0.25) is 0 Å². The molecule has 0 spiro atoms. The number of benzene rings is 1. The highest BCUT2D eigenvalue weighted by atomic mass is 32.1. The van der Waals surface area contributed by atoms with Gasteiger partial charge in [-0.2, -0.15) is 0 Å². The molecule has 2 nitrogen and oxygen atoms in total. The Morgan fingerprint density at radius 2 is 2.00 bits per heavy atom. The molecule has 1 saturated carbocycles. The van der Waals surface area contributed by atoms with Crippen LogP contribution in [0.5, 0.6) is 0 Å². The van der Waals surface area contributed by atoms with Crippen LogP contribution < -0.4 is 10.6 Å². The van der Waals surface area contributed by atoms with Crippen LogP contribution in [-0.2, 0) is 0 Å². The third kappa shape index (κ3) is 3.67. The zero-order chi connectivity index (χ0) is 13.0. The molecule has 1 aliphatic carbocycles. The van der Waals surface area contributed by atoms with Crippen molar-refractivity contribution >= 4 is 23.0 Å². The average Bonchev–Trinajstić information content (AvgIpc) is 2.35. The van der Waals surface area contributed by atoms with Crippen LogP contribution in [0.4, 0.5) is 10.1 Å². The van der Waals surface area contributed by atoms with Gasteiger partial charge in [-0.1, -0.05) is 19.3 Å². The van der Waals surface area contributed by atoms with Crippen LogP contribution in [0.3, 0.4) is 0 Å². The molecule has 0 saturated heterocycles. The SMILES string of the molecule is Cc1cc(NC(=S)NC2CCCCC2)ccc1F. The summed E-state index contributed by atoms with van der Waals surface area (Å²) in [5.41, 5.74) is 1.46. The molecule has 0 unspecified atom stereocenters. The Balaban J connectivity index is 1.88. The molecule has 1 aliphatic rings. The zero-order valence-electron chi connectivity index (χ0n) is 10.6. The van der Waals surface area contributed by atoms with Crippen molar-refractivity contribution in [3.63, 3.8) is 0 Å². The van der Waals surface area contributed by atoms with Gasteiger partial charge in [0.2, 0.25) is 0 Å². The van der Waals surface area contributed by atoms with E-state index >= 15 is 0 Å². The van der Waals surface area contributed by atoms with Crippen LogP contribution in [-0.4, -0.2) is 11.2 Å². The molecule has 2 rings (SSSR count). The van der Waals surface area contributed by atoms with E-state index in [0.717, 1.165) is 5.69 Å². The third-order valence-corrected chi connectivity index (χ3v) is 3.58. The Labute approximate surface area is 113 Å². The first-order chi connectivity index (χ1) is 8.65. The van der Waals surface area contributed by atoms with Crippen molar-refractivity contribution in [2.75, 3.05) is 5.32 Å². The van der Waals surface area contributed by atoms with E-state index in [1.54, 1.807) is 19.1 Å². The topological polar surface area (TPSA) is 24.1 Å². The van der Waals surface area contributed by atoms with Crippen LogP contribution in [0.25, 0.3) is 0 Å². The van der Waals surface area contributed by atoms with Gasteiger partial charge in [-0.3, -0.25) is 0 Å². The first kappa shape index (κ1) is 13.3. The molecule has 0 aliphatic heterocycles. The van der Waals surface area contributed by atoms with Gasteiger partial charge in [0.1, 0.15) is 5.82 Å². The Morgan fingerprint density at radius 1 is 1.28 bits per heavy atom. The molecule has 0 aromatic heterocycles. The Hall–Kier alpha value is -1.16. The van der Waals surface area contributed by atoms with Gasteiger partial charge < -0.3 is 10.6 Å². The monoisotopic (exact) mass is 266 g/mol. The lowest BCUT2D eigenvalue weighted by atomic mass is 9.96.